The zero-order valence-electron chi connectivity index (χ0n) is 27.5. The molecule has 8 N–H and O–H groups in total. The molecule has 14 heteroatoms. The number of ether oxygens (including phenoxy) is 3. The van der Waals surface area contributed by atoms with Crippen molar-refractivity contribution in [3.63, 3.8) is 0 Å². The number of hydrogen-bond acceptors (Lipinski definition) is 14. The van der Waals surface area contributed by atoms with Crippen LogP contribution in [0.1, 0.15) is 40.9 Å². The quantitative estimate of drug-likeness (QED) is 0.0848. The minimum absolute atomic E-state index is 0.0105. The Balaban J connectivity index is 1.59. The highest BCUT2D eigenvalue weighted by atomic mass is 16.7. The Labute approximate surface area is 288 Å². The predicted octanol–water partition coefficient (Wildman–Crippen LogP) is 4.71. The van der Waals surface area contributed by atoms with Gasteiger partial charge in [0.2, 0.25) is 17.0 Å². The number of allylic oxidation sites excluding steroid dienone is 2. The fraction of sp³-hybridized carbons (Fsp3) is 0.189. The Morgan fingerprint density at radius 3 is 2.22 bits per heavy atom. The number of carbonyl (C=O) groups is 1. The molecule has 0 saturated carbocycles. The summed E-state index contributed by atoms with van der Waals surface area (Å²) in [5.74, 6) is -13.2. The number of rotatable bonds is 7. The highest BCUT2D eigenvalue weighted by molar-refractivity contribution is 6.08. The number of ketones is 1. The van der Waals surface area contributed by atoms with Crippen LogP contribution in [0.3, 0.4) is 0 Å². The number of Topliss-reactive ketones (excluding diaryl/α,β-unsaturated/α-hetero) is 1. The summed E-state index contributed by atoms with van der Waals surface area (Å²) in [6.45, 7) is 5.10. The van der Waals surface area contributed by atoms with Crippen LogP contribution in [0, 0.1) is 6.92 Å². The molecule has 51 heavy (non-hydrogen) atoms. The van der Waals surface area contributed by atoms with Gasteiger partial charge < -0.3 is 59.5 Å². The Kier molecular flexibility index (Phi) is 8.24. The summed E-state index contributed by atoms with van der Waals surface area (Å²) < 4.78 is 22.8. The molecule has 0 spiro atoms. The standard InChI is InChI=1S/C37H32O14/c1-16(2)5-8-21-22(33-34(48-4)32(44)29-24(41)12-19(38)14-27(29)49-33)9-10-26(31(21)43)50-37(47)35(45)30-25(42)13-20(39)15-28(30)51-36(37,46)18-7-6-17(3)23(40)11-18/h5-7,9-15,38-43,46-47H,8H2,1-4H3. The van der Waals surface area contributed by atoms with Crippen molar-refractivity contribution >= 4 is 16.8 Å². The van der Waals surface area contributed by atoms with Gasteiger partial charge in [0, 0.05) is 41.0 Å². The van der Waals surface area contributed by atoms with Gasteiger partial charge in [-0.15, -0.1) is 0 Å². The first kappa shape index (κ1) is 34.5. The molecule has 0 fully saturated rings. The molecule has 0 amide bonds. The maximum absolute atomic E-state index is 14.1. The molecule has 1 aliphatic heterocycles. The van der Waals surface area contributed by atoms with Gasteiger partial charge in [-0.1, -0.05) is 23.8 Å². The van der Waals surface area contributed by atoms with Gasteiger partial charge in [0.1, 0.15) is 51.0 Å². The van der Waals surface area contributed by atoms with E-state index in [9.17, 15) is 50.4 Å². The summed E-state index contributed by atoms with van der Waals surface area (Å²) in [5.41, 5.74) is -0.834. The van der Waals surface area contributed by atoms with Gasteiger partial charge in [0.15, 0.2) is 17.3 Å². The Bertz CT molecular complexity index is 2350. The number of aromatic hydroxyl groups is 6. The number of benzene rings is 4. The third-order valence-electron chi connectivity index (χ3n) is 8.50. The topological polar surface area (TPSA) is 237 Å². The van der Waals surface area contributed by atoms with Crippen LogP contribution in [0.2, 0.25) is 0 Å². The number of phenols is 6. The van der Waals surface area contributed by atoms with Crippen molar-refractivity contribution in [1.29, 1.82) is 0 Å². The lowest BCUT2D eigenvalue weighted by Crippen LogP contribution is -2.66. The molecule has 5 aromatic rings. The number of aryl methyl sites for hydroxylation is 1. The van der Waals surface area contributed by atoms with Gasteiger partial charge in [-0.25, -0.2) is 0 Å². The first-order chi connectivity index (χ1) is 24.0. The molecular weight excluding hydrogens is 668 g/mol. The molecule has 0 bridgehead atoms. The molecule has 2 unspecified atom stereocenters. The van der Waals surface area contributed by atoms with Gasteiger partial charge in [-0.3, -0.25) is 9.59 Å². The number of hydrogen-bond donors (Lipinski definition) is 8. The maximum Gasteiger partial charge on any atom is 0.345 e. The lowest BCUT2D eigenvalue weighted by Gasteiger charge is -2.44. The van der Waals surface area contributed by atoms with E-state index >= 15 is 0 Å². The van der Waals surface area contributed by atoms with Gasteiger partial charge in [-0.2, -0.15) is 0 Å². The van der Waals surface area contributed by atoms with E-state index in [-0.39, 0.29) is 51.3 Å². The van der Waals surface area contributed by atoms with Crippen molar-refractivity contribution in [2.24, 2.45) is 0 Å². The number of fused-ring (bicyclic) bond motifs is 2. The number of carbonyl (C=O) groups excluding carboxylic acids is 1. The molecule has 0 radical (unpaired) electrons. The summed E-state index contributed by atoms with van der Waals surface area (Å²) in [6.07, 6.45) is 1.64. The van der Waals surface area contributed by atoms with Gasteiger partial charge in [-0.05, 0) is 51.0 Å². The predicted molar refractivity (Wildman–Crippen MR) is 180 cm³/mol. The van der Waals surface area contributed by atoms with Gasteiger partial charge in [0.25, 0.3) is 0 Å². The van der Waals surface area contributed by atoms with Crippen LogP contribution < -0.4 is 19.6 Å². The number of methoxy groups -OCH3 is 1. The monoisotopic (exact) mass is 700 g/mol. The SMILES string of the molecule is COc1c(-c2ccc(OC3(O)C(=O)c4c(O)cc(O)cc4OC3(O)c3ccc(C)c(O)c3)c(O)c2CC=C(C)C)oc2cc(O)cc(O)c2c1=O. The van der Waals surface area contributed by atoms with Crippen LogP contribution in [0.4, 0.5) is 0 Å². The van der Waals surface area contributed by atoms with E-state index < -0.39 is 68.6 Å². The molecule has 2 heterocycles. The average Bonchev–Trinajstić information content (AvgIpc) is 3.04. The minimum atomic E-state index is -3.48. The minimum Gasteiger partial charge on any atom is -0.508 e. The van der Waals surface area contributed by atoms with Gasteiger partial charge >= 0.3 is 11.6 Å². The molecule has 2 atom stereocenters. The first-order valence-electron chi connectivity index (χ1n) is 15.3. The van der Waals surface area contributed by atoms with Crippen molar-refractivity contribution in [1.82, 2.24) is 0 Å². The summed E-state index contributed by atoms with van der Waals surface area (Å²) >= 11 is 0. The van der Waals surface area contributed by atoms with Crippen molar-refractivity contribution in [2.75, 3.05) is 7.11 Å². The lowest BCUT2D eigenvalue weighted by atomic mass is 9.85. The van der Waals surface area contributed by atoms with Crippen molar-refractivity contribution in [3.05, 3.63) is 98.7 Å². The summed E-state index contributed by atoms with van der Waals surface area (Å²) in [6, 6.07) is 9.77. The second-order valence-electron chi connectivity index (χ2n) is 12.2. The van der Waals surface area contributed by atoms with Gasteiger partial charge in [0.05, 0.1) is 7.11 Å². The highest BCUT2D eigenvalue weighted by Crippen LogP contribution is 2.51. The van der Waals surface area contributed by atoms with Crippen molar-refractivity contribution in [3.8, 4) is 63.1 Å². The zero-order valence-corrected chi connectivity index (χ0v) is 27.5. The normalized spacial score (nSPS) is 18.2. The van der Waals surface area contributed by atoms with Crippen LogP contribution in [0.5, 0.6) is 51.7 Å². The largest absolute Gasteiger partial charge is 0.508 e. The molecule has 264 valence electrons. The molecule has 1 aromatic heterocycles. The van der Waals surface area contributed by atoms with E-state index in [0.29, 0.717) is 5.56 Å². The smallest absolute Gasteiger partial charge is 0.345 e. The molecule has 4 aromatic carbocycles. The maximum atomic E-state index is 14.1. The zero-order chi connectivity index (χ0) is 37.2. The van der Waals surface area contributed by atoms with Crippen LogP contribution in [0.25, 0.3) is 22.3 Å². The van der Waals surface area contributed by atoms with Crippen LogP contribution in [-0.2, 0) is 12.2 Å². The summed E-state index contributed by atoms with van der Waals surface area (Å²) in [5, 5.41) is 87.3. The van der Waals surface area contributed by atoms with E-state index in [4.69, 9.17) is 18.6 Å². The van der Waals surface area contributed by atoms with E-state index in [1.165, 1.54) is 25.3 Å². The van der Waals surface area contributed by atoms with Crippen LogP contribution in [0.15, 0.2) is 75.5 Å². The molecule has 14 nitrogen and oxygen atoms in total. The fourth-order valence-corrected chi connectivity index (χ4v) is 5.85. The third-order valence-corrected chi connectivity index (χ3v) is 8.50. The number of phenolic OH excluding ortho intramolecular Hbond substituents is 6. The third kappa shape index (κ3) is 5.46. The molecule has 6 rings (SSSR count). The molecule has 1 aliphatic rings. The van der Waals surface area contributed by atoms with Crippen LogP contribution in [-0.4, -0.2) is 59.5 Å². The average molecular weight is 701 g/mol. The Morgan fingerprint density at radius 2 is 1.55 bits per heavy atom. The van der Waals surface area contributed by atoms with E-state index in [2.05, 4.69) is 0 Å². The summed E-state index contributed by atoms with van der Waals surface area (Å²) in [4.78, 5) is 27.6. The van der Waals surface area contributed by atoms with Crippen molar-refractivity contribution < 1.29 is 64.3 Å². The fourth-order valence-electron chi connectivity index (χ4n) is 5.85. The highest BCUT2D eigenvalue weighted by Gasteiger charge is 2.66. The Morgan fingerprint density at radius 1 is 0.863 bits per heavy atom. The van der Waals surface area contributed by atoms with E-state index in [0.717, 1.165) is 42.0 Å². The van der Waals surface area contributed by atoms with E-state index in [1.54, 1.807) is 26.8 Å². The van der Waals surface area contributed by atoms with Crippen LogP contribution >= 0.6 is 0 Å². The Hall–Kier alpha value is -6.38. The van der Waals surface area contributed by atoms with Crippen molar-refractivity contribution in [2.45, 2.75) is 38.8 Å². The molecule has 0 aliphatic carbocycles. The molecular formula is C37H32O14. The second kappa shape index (κ2) is 12.2. The second-order valence-corrected chi connectivity index (χ2v) is 12.2. The van der Waals surface area contributed by atoms with E-state index in [1.807, 2.05) is 0 Å². The summed E-state index contributed by atoms with van der Waals surface area (Å²) in [7, 11) is 1.19. The molecule has 0 saturated heterocycles. The number of aliphatic hydroxyl groups is 2. The first-order valence-corrected chi connectivity index (χ1v) is 15.3. The lowest BCUT2D eigenvalue weighted by molar-refractivity contribution is -0.316.